The molecular weight excluding hydrogens is 314 g/mol. The minimum Gasteiger partial charge on any atom is -0.344 e. The first-order chi connectivity index (χ1) is 12.1. The minimum absolute atomic E-state index is 0.0893. The van der Waals surface area contributed by atoms with Crippen molar-refractivity contribution in [3.63, 3.8) is 0 Å². The molecule has 0 saturated heterocycles. The van der Waals surface area contributed by atoms with Gasteiger partial charge in [0, 0.05) is 30.7 Å². The first kappa shape index (κ1) is 16.9. The average molecular weight is 335 g/mol. The van der Waals surface area contributed by atoms with Gasteiger partial charge in [-0.25, -0.2) is 9.97 Å². The zero-order valence-electron chi connectivity index (χ0n) is 14.3. The molecule has 3 aromatic rings. The zero-order chi connectivity index (χ0) is 17.6. The van der Waals surface area contributed by atoms with E-state index in [-0.39, 0.29) is 11.9 Å². The van der Waals surface area contributed by atoms with Crippen LogP contribution in [-0.4, -0.2) is 46.0 Å². The monoisotopic (exact) mass is 335 g/mol. The molecule has 0 saturated carbocycles. The van der Waals surface area contributed by atoms with Gasteiger partial charge in [0.25, 0.3) is 5.91 Å². The second kappa shape index (κ2) is 7.72. The van der Waals surface area contributed by atoms with Crippen LogP contribution in [-0.2, 0) is 0 Å². The van der Waals surface area contributed by atoms with Crippen LogP contribution in [0.5, 0.6) is 0 Å². The highest BCUT2D eigenvalue weighted by atomic mass is 16.1. The van der Waals surface area contributed by atoms with Gasteiger partial charge in [-0.1, -0.05) is 30.3 Å². The Morgan fingerprint density at radius 1 is 1.20 bits per heavy atom. The highest BCUT2D eigenvalue weighted by molar-refractivity contribution is 5.94. The summed E-state index contributed by atoms with van der Waals surface area (Å²) in [5.41, 5.74) is 1.65. The lowest BCUT2D eigenvalue weighted by Gasteiger charge is -2.23. The molecule has 3 rings (SSSR count). The molecule has 0 spiro atoms. The summed E-state index contributed by atoms with van der Waals surface area (Å²) in [6.07, 6.45) is 6.76. The fraction of sp³-hybridized carbons (Fsp3) is 0.211. The highest BCUT2D eigenvalue weighted by Crippen LogP contribution is 2.15. The topological polar surface area (TPSA) is 63.1 Å². The molecule has 0 fully saturated rings. The number of nitrogens with one attached hydrogen (secondary N) is 1. The first-order valence-electron chi connectivity index (χ1n) is 8.08. The van der Waals surface area contributed by atoms with Gasteiger partial charge in [-0.2, -0.15) is 0 Å². The maximum atomic E-state index is 12.7. The molecule has 0 aliphatic rings. The Labute approximate surface area is 147 Å². The van der Waals surface area contributed by atoms with Crippen LogP contribution in [0.15, 0.2) is 67.4 Å². The molecule has 1 aromatic carbocycles. The van der Waals surface area contributed by atoms with Gasteiger partial charge in [0.2, 0.25) is 0 Å². The third-order valence-electron chi connectivity index (χ3n) is 3.83. The van der Waals surface area contributed by atoms with Crippen LogP contribution in [0.25, 0.3) is 5.82 Å². The molecule has 0 aliphatic heterocycles. The number of rotatable bonds is 6. The summed E-state index contributed by atoms with van der Waals surface area (Å²) in [6.45, 7) is 0.717. The van der Waals surface area contributed by atoms with Crippen LogP contribution in [0, 0.1) is 0 Å². The molecule has 128 valence electrons. The van der Waals surface area contributed by atoms with Crippen molar-refractivity contribution in [2.24, 2.45) is 0 Å². The predicted molar refractivity (Wildman–Crippen MR) is 96.6 cm³/mol. The van der Waals surface area contributed by atoms with E-state index in [2.05, 4.69) is 20.2 Å². The fourth-order valence-corrected chi connectivity index (χ4v) is 2.62. The Hall–Kier alpha value is -2.99. The minimum atomic E-state index is -0.125. The average Bonchev–Trinajstić information content (AvgIpc) is 3.16. The van der Waals surface area contributed by atoms with E-state index >= 15 is 0 Å². The smallest absolute Gasteiger partial charge is 0.251 e. The van der Waals surface area contributed by atoms with Gasteiger partial charge in [-0.15, -0.1) is 0 Å². The maximum Gasteiger partial charge on any atom is 0.251 e. The van der Waals surface area contributed by atoms with Crippen LogP contribution in [0.1, 0.15) is 22.0 Å². The van der Waals surface area contributed by atoms with Gasteiger partial charge in [0.1, 0.15) is 12.1 Å². The van der Waals surface area contributed by atoms with Crippen molar-refractivity contribution >= 4 is 5.91 Å². The standard InChI is InChI=1S/C19H21N5O/c1-23(2)13-17(15-6-4-3-5-7-15)22-19(25)16-8-9-21-18(12-16)24-11-10-20-14-24/h3-12,14,17H,13H2,1-2H3,(H,22,25)/t17-/m0/s1. The number of imidazole rings is 1. The molecule has 1 atom stereocenters. The summed E-state index contributed by atoms with van der Waals surface area (Å²) >= 11 is 0. The third-order valence-corrected chi connectivity index (χ3v) is 3.83. The van der Waals surface area contributed by atoms with Crippen LogP contribution < -0.4 is 5.32 Å². The molecule has 0 unspecified atom stereocenters. The second-order valence-electron chi connectivity index (χ2n) is 6.07. The van der Waals surface area contributed by atoms with Crippen LogP contribution in [0.4, 0.5) is 0 Å². The Bertz CT molecular complexity index is 815. The molecule has 6 nitrogen and oxygen atoms in total. The van der Waals surface area contributed by atoms with Crippen molar-refractivity contribution in [1.82, 2.24) is 24.8 Å². The molecule has 0 radical (unpaired) electrons. The Morgan fingerprint density at radius 2 is 2.00 bits per heavy atom. The summed E-state index contributed by atoms with van der Waals surface area (Å²) in [4.78, 5) is 23.1. The Balaban J connectivity index is 1.81. The van der Waals surface area contributed by atoms with Crippen molar-refractivity contribution < 1.29 is 4.79 Å². The number of nitrogens with zero attached hydrogens (tertiary/aromatic N) is 4. The van der Waals surface area contributed by atoms with Gasteiger partial charge in [0.05, 0.1) is 6.04 Å². The highest BCUT2D eigenvalue weighted by Gasteiger charge is 2.17. The van der Waals surface area contributed by atoms with E-state index in [1.165, 1.54) is 0 Å². The lowest BCUT2D eigenvalue weighted by atomic mass is 10.1. The number of amides is 1. The van der Waals surface area contributed by atoms with Crippen LogP contribution in [0.3, 0.4) is 0 Å². The lowest BCUT2D eigenvalue weighted by Crippen LogP contribution is -2.35. The number of benzene rings is 1. The molecule has 2 heterocycles. The number of hydrogen-bond acceptors (Lipinski definition) is 4. The summed E-state index contributed by atoms with van der Waals surface area (Å²) in [6, 6.07) is 13.4. The van der Waals surface area contributed by atoms with E-state index in [1.54, 1.807) is 41.6 Å². The number of pyridine rings is 1. The normalized spacial score (nSPS) is 12.1. The predicted octanol–water partition coefficient (Wildman–Crippen LogP) is 2.30. The van der Waals surface area contributed by atoms with Crippen LogP contribution >= 0.6 is 0 Å². The van der Waals surface area contributed by atoms with Gasteiger partial charge in [-0.05, 0) is 31.8 Å². The van der Waals surface area contributed by atoms with Gasteiger partial charge in [0.15, 0.2) is 0 Å². The van der Waals surface area contributed by atoms with E-state index in [0.29, 0.717) is 11.4 Å². The first-order valence-corrected chi connectivity index (χ1v) is 8.08. The number of aromatic nitrogens is 3. The largest absolute Gasteiger partial charge is 0.344 e. The van der Waals surface area contributed by atoms with E-state index in [9.17, 15) is 4.79 Å². The van der Waals surface area contributed by atoms with Crippen molar-refractivity contribution in [3.05, 3.63) is 78.5 Å². The van der Waals surface area contributed by atoms with Gasteiger partial charge >= 0.3 is 0 Å². The summed E-state index contributed by atoms with van der Waals surface area (Å²) in [5.74, 6) is 0.536. The summed E-state index contributed by atoms with van der Waals surface area (Å²) < 4.78 is 1.77. The number of hydrogen-bond donors (Lipinski definition) is 1. The Kier molecular flexibility index (Phi) is 5.20. The van der Waals surface area contributed by atoms with Gasteiger partial charge < -0.3 is 10.2 Å². The third kappa shape index (κ3) is 4.30. The van der Waals surface area contributed by atoms with E-state index in [1.807, 2.05) is 44.4 Å². The van der Waals surface area contributed by atoms with E-state index in [4.69, 9.17) is 0 Å². The molecule has 1 amide bonds. The van der Waals surface area contributed by atoms with Gasteiger partial charge in [-0.3, -0.25) is 9.36 Å². The molecule has 1 N–H and O–H groups in total. The van der Waals surface area contributed by atoms with Crippen molar-refractivity contribution in [2.45, 2.75) is 6.04 Å². The maximum absolute atomic E-state index is 12.7. The molecule has 0 aliphatic carbocycles. The number of carbonyl (C=O) groups excluding carboxylic acids is 1. The molecular formula is C19H21N5O. The van der Waals surface area contributed by atoms with Crippen molar-refractivity contribution in [2.75, 3.05) is 20.6 Å². The van der Waals surface area contributed by atoms with Crippen LogP contribution in [0.2, 0.25) is 0 Å². The fourth-order valence-electron chi connectivity index (χ4n) is 2.62. The quantitative estimate of drug-likeness (QED) is 0.751. The molecule has 2 aromatic heterocycles. The molecule has 0 bridgehead atoms. The van der Waals surface area contributed by atoms with Crippen molar-refractivity contribution in [1.29, 1.82) is 0 Å². The summed E-state index contributed by atoms with van der Waals surface area (Å²) in [7, 11) is 3.98. The van der Waals surface area contributed by atoms with Crippen molar-refractivity contribution in [3.8, 4) is 5.82 Å². The zero-order valence-corrected chi connectivity index (χ0v) is 14.3. The lowest BCUT2D eigenvalue weighted by molar-refractivity contribution is 0.0930. The SMILES string of the molecule is CN(C)C[C@H](NC(=O)c1ccnc(-n2ccnc2)c1)c1ccccc1. The van der Waals surface area contributed by atoms with E-state index in [0.717, 1.165) is 12.1 Å². The number of carbonyl (C=O) groups is 1. The Morgan fingerprint density at radius 3 is 2.68 bits per heavy atom. The second-order valence-corrected chi connectivity index (χ2v) is 6.07. The molecule has 25 heavy (non-hydrogen) atoms. The van der Waals surface area contributed by atoms with E-state index < -0.39 is 0 Å². The summed E-state index contributed by atoms with van der Waals surface area (Å²) in [5, 5.41) is 3.12. The molecule has 6 heteroatoms. The number of likely N-dealkylation sites (N-methyl/N-ethyl adjacent to an activating group) is 1.